The second-order valence-corrected chi connectivity index (χ2v) is 5.21. The third kappa shape index (κ3) is 2.61. The largest absolute Gasteiger partial charge is 0.478 e. The van der Waals surface area contributed by atoms with Crippen molar-refractivity contribution >= 4 is 17.3 Å². The number of thiophene rings is 1. The van der Waals surface area contributed by atoms with Crippen LogP contribution in [0.5, 0.6) is 0 Å². The molecule has 0 atom stereocenters. The molecule has 0 saturated carbocycles. The Morgan fingerprint density at radius 3 is 2.57 bits per heavy atom. The molecule has 0 bridgehead atoms. The van der Waals surface area contributed by atoms with E-state index in [1.807, 2.05) is 11.4 Å². The summed E-state index contributed by atoms with van der Waals surface area (Å²) in [7, 11) is 0. The summed E-state index contributed by atoms with van der Waals surface area (Å²) in [5.74, 6) is -0.984. The molecular formula is C13H10N4O3S. The highest BCUT2D eigenvalue weighted by Crippen LogP contribution is 2.11. The van der Waals surface area contributed by atoms with Gasteiger partial charge < -0.3 is 5.11 Å². The van der Waals surface area contributed by atoms with Gasteiger partial charge in [0.15, 0.2) is 0 Å². The molecule has 0 spiro atoms. The average Bonchev–Trinajstić information content (AvgIpc) is 3.10. The zero-order valence-corrected chi connectivity index (χ0v) is 11.5. The van der Waals surface area contributed by atoms with Crippen molar-refractivity contribution in [2.45, 2.75) is 6.54 Å². The first-order chi connectivity index (χ1) is 10.1. The van der Waals surface area contributed by atoms with Gasteiger partial charge in [0.1, 0.15) is 5.00 Å². The first kappa shape index (κ1) is 13.3. The summed E-state index contributed by atoms with van der Waals surface area (Å²) in [6, 6.07) is 9.90. The third-order valence-corrected chi connectivity index (χ3v) is 3.73. The summed E-state index contributed by atoms with van der Waals surface area (Å²) in [5.41, 5.74) is 0.647. The van der Waals surface area contributed by atoms with E-state index in [1.165, 1.54) is 32.8 Å². The van der Waals surface area contributed by atoms with E-state index in [0.29, 0.717) is 5.00 Å². The van der Waals surface area contributed by atoms with Crippen LogP contribution in [-0.4, -0.2) is 30.9 Å². The molecule has 1 N–H and O–H groups in total. The number of tetrazole rings is 1. The van der Waals surface area contributed by atoms with Gasteiger partial charge in [-0.25, -0.2) is 9.59 Å². The molecule has 0 fully saturated rings. The summed E-state index contributed by atoms with van der Waals surface area (Å²) in [5, 5.41) is 19.1. The van der Waals surface area contributed by atoms with Gasteiger partial charge in [-0.05, 0) is 45.6 Å². The minimum absolute atomic E-state index is 0.202. The van der Waals surface area contributed by atoms with E-state index >= 15 is 0 Å². The van der Waals surface area contributed by atoms with E-state index in [2.05, 4.69) is 10.4 Å². The molecule has 0 aliphatic rings. The molecule has 0 aliphatic heterocycles. The van der Waals surface area contributed by atoms with Crippen LogP contribution >= 0.6 is 11.3 Å². The highest BCUT2D eigenvalue weighted by molar-refractivity contribution is 7.12. The summed E-state index contributed by atoms with van der Waals surface area (Å²) >= 11 is 1.40. The number of hydrogen-bond acceptors (Lipinski definition) is 5. The van der Waals surface area contributed by atoms with E-state index in [1.54, 1.807) is 18.2 Å². The molecular weight excluding hydrogens is 292 g/mol. The minimum atomic E-state index is -0.984. The van der Waals surface area contributed by atoms with Gasteiger partial charge in [0.05, 0.1) is 12.1 Å². The molecule has 0 radical (unpaired) electrons. The van der Waals surface area contributed by atoms with Crippen LogP contribution in [0.4, 0.5) is 0 Å². The van der Waals surface area contributed by atoms with Crippen molar-refractivity contribution in [3.8, 4) is 5.00 Å². The quantitative estimate of drug-likeness (QED) is 0.783. The van der Waals surface area contributed by atoms with Crippen LogP contribution < -0.4 is 5.69 Å². The Bertz CT molecular complexity index is 818. The van der Waals surface area contributed by atoms with Crippen LogP contribution in [0.1, 0.15) is 15.9 Å². The number of carboxylic acids is 1. The molecule has 21 heavy (non-hydrogen) atoms. The highest BCUT2D eigenvalue weighted by Gasteiger charge is 2.10. The molecule has 0 aliphatic carbocycles. The van der Waals surface area contributed by atoms with Gasteiger partial charge in [0.2, 0.25) is 0 Å². The van der Waals surface area contributed by atoms with Crippen molar-refractivity contribution < 1.29 is 9.90 Å². The van der Waals surface area contributed by atoms with Crippen LogP contribution in [-0.2, 0) is 6.54 Å². The number of hydrogen-bond donors (Lipinski definition) is 1. The van der Waals surface area contributed by atoms with Crippen molar-refractivity contribution in [1.29, 1.82) is 0 Å². The van der Waals surface area contributed by atoms with Crippen molar-refractivity contribution in [2.75, 3.05) is 0 Å². The first-order valence-corrected chi connectivity index (χ1v) is 6.92. The lowest BCUT2D eigenvalue weighted by molar-refractivity contribution is 0.0697. The van der Waals surface area contributed by atoms with Crippen LogP contribution in [0.2, 0.25) is 0 Å². The number of nitrogens with zero attached hydrogens (tertiary/aromatic N) is 4. The Morgan fingerprint density at radius 1 is 1.19 bits per heavy atom. The van der Waals surface area contributed by atoms with Crippen molar-refractivity contribution in [3.63, 3.8) is 0 Å². The summed E-state index contributed by atoms with van der Waals surface area (Å²) in [6.45, 7) is 0.240. The van der Waals surface area contributed by atoms with Crippen molar-refractivity contribution in [1.82, 2.24) is 19.8 Å². The van der Waals surface area contributed by atoms with Crippen molar-refractivity contribution in [3.05, 3.63) is 63.4 Å². The Hall–Kier alpha value is -2.74. The van der Waals surface area contributed by atoms with E-state index < -0.39 is 5.97 Å². The number of benzene rings is 1. The lowest BCUT2D eigenvalue weighted by Crippen LogP contribution is -2.24. The van der Waals surface area contributed by atoms with Gasteiger partial charge in [-0.3, -0.25) is 0 Å². The van der Waals surface area contributed by atoms with Crippen molar-refractivity contribution in [2.24, 2.45) is 0 Å². The van der Waals surface area contributed by atoms with E-state index in [-0.39, 0.29) is 17.8 Å². The number of aromatic nitrogens is 4. The maximum atomic E-state index is 12.2. The maximum absolute atomic E-state index is 12.2. The van der Waals surface area contributed by atoms with Crippen LogP contribution in [0, 0.1) is 0 Å². The Balaban J connectivity index is 1.86. The summed E-state index contributed by atoms with van der Waals surface area (Å²) in [6.07, 6.45) is 0. The van der Waals surface area contributed by atoms with E-state index in [4.69, 9.17) is 5.11 Å². The molecule has 3 rings (SSSR count). The molecule has 106 valence electrons. The molecule has 2 aromatic heterocycles. The van der Waals surface area contributed by atoms with E-state index in [9.17, 15) is 9.59 Å². The van der Waals surface area contributed by atoms with Gasteiger partial charge in [0.25, 0.3) is 0 Å². The van der Waals surface area contributed by atoms with Crippen LogP contribution in [0.25, 0.3) is 5.00 Å². The second-order valence-electron chi connectivity index (χ2n) is 4.28. The summed E-state index contributed by atoms with van der Waals surface area (Å²) < 4.78 is 2.46. The molecule has 3 aromatic rings. The molecule has 2 heterocycles. The van der Waals surface area contributed by atoms with Gasteiger partial charge >= 0.3 is 11.7 Å². The van der Waals surface area contributed by atoms with Gasteiger partial charge in [0, 0.05) is 0 Å². The predicted molar refractivity (Wildman–Crippen MR) is 76.0 cm³/mol. The average molecular weight is 302 g/mol. The fourth-order valence-electron chi connectivity index (χ4n) is 1.83. The fraction of sp³-hybridized carbons (Fsp3) is 0.0769. The van der Waals surface area contributed by atoms with Gasteiger partial charge in [-0.2, -0.15) is 9.36 Å². The molecule has 0 amide bonds. The number of rotatable bonds is 4. The number of carboxylic acid groups (broad SMARTS) is 1. The highest BCUT2D eigenvalue weighted by atomic mass is 32.1. The van der Waals surface area contributed by atoms with Gasteiger partial charge in [-0.1, -0.05) is 12.1 Å². The fourth-order valence-corrected chi connectivity index (χ4v) is 2.50. The standard InChI is InChI=1S/C13H10N4O3S/c18-12(19)10-5-3-9(4-6-10)8-16-13(20)17(15-14-16)11-2-1-7-21-11/h1-7H,8H2,(H,18,19). The molecule has 1 aromatic carbocycles. The third-order valence-electron chi connectivity index (χ3n) is 2.89. The molecule has 0 unspecified atom stereocenters. The van der Waals surface area contributed by atoms with Gasteiger partial charge in [-0.15, -0.1) is 11.3 Å². The monoisotopic (exact) mass is 302 g/mol. The van der Waals surface area contributed by atoms with Crippen LogP contribution in [0.15, 0.2) is 46.6 Å². The Kier molecular flexibility index (Phi) is 3.36. The molecule has 8 heteroatoms. The number of carbonyl (C=O) groups is 1. The Labute approximate surface area is 122 Å². The molecule has 0 saturated heterocycles. The first-order valence-electron chi connectivity index (χ1n) is 6.04. The second kappa shape index (κ2) is 5.33. The normalized spacial score (nSPS) is 10.7. The molecule has 7 nitrogen and oxygen atoms in total. The SMILES string of the molecule is O=C(O)c1ccc(Cn2nnn(-c3cccs3)c2=O)cc1. The number of aromatic carboxylic acids is 1. The lowest BCUT2D eigenvalue weighted by Gasteiger charge is -2.00. The zero-order chi connectivity index (χ0) is 14.8. The Morgan fingerprint density at radius 2 is 1.95 bits per heavy atom. The minimum Gasteiger partial charge on any atom is -0.478 e. The smallest absolute Gasteiger partial charge is 0.369 e. The zero-order valence-electron chi connectivity index (χ0n) is 10.7. The lowest BCUT2D eigenvalue weighted by atomic mass is 10.1. The predicted octanol–water partition coefficient (Wildman–Crippen LogP) is 1.24. The maximum Gasteiger partial charge on any atom is 0.369 e. The summed E-state index contributed by atoms with van der Waals surface area (Å²) in [4.78, 5) is 22.9. The van der Waals surface area contributed by atoms with Crippen LogP contribution in [0.3, 0.4) is 0 Å². The van der Waals surface area contributed by atoms with E-state index in [0.717, 1.165) is 5.56 Å². The topological polar surface area (TPSA) is 90.0 Å².